The van der Waals surface area contributed by atoms with Crippen LogP contribution in [0.3, 0.4) is 0 Å². The molecule has 1 aromatic carbocycles. The average Bonchev–Trinajstić information content (AvgIpc) is 3.54. The fourth-order valence-corrected chi connectivity index (χ4v) is 4.42. The number of benzene rings is 1. The van der Waals surface area contributed by atoms with Gasteiger partial charge < -0.3 is 20.5 Å². The summed E-state index contributed by atoms with van der Waals surface area (Å²) in [5, 5.41) is 9.53. The van der Waals surface area contributed by atoms with Gasteiger partial charge in [0, 0.05) is 18.7 Å². The molecule has 2 aliphatic rings. The first-order valence-corrected chi connectivity index (χ1v) is 10.6. The monoisotopic (exact) mass is 414 g/mol. The summed E-state index contributed by atoms with van der Waals surface area (Å²) in [7, 11) is 0. The van der Waals surface area contributed by atoms with Crippen LogP contribution in [0.25, 0.3) is 5.70 Å². The highest BCUT2D eigenvalue weighted by Crippen LogP contribution is 2.49. The predicted molar refractivity (Wildman–Crippen MR) is 115 cm³/mol. The lowest BCUT2D eigenvalue weighted by atomic mass is 9.90. The molecule has 0 amide bonds. The molecule has 0 bridgehead atoms. The van der Waals surface area contributed by atoms with E-state index in [1.165, 1.54) is 19.3 Å². The first-order valence-electron chi connectivity index (χ1n) is 10.2. The number of hydrogen-bond donors (Lipinski definition) is 2. The molecule has 0 radical (unpaired) electrons. The molecule has 6 nitrogen and oxygen atoms in total. The maximum absolute atomic E-state index is 8.95. The van der Waals surface area contributed by atoms with Crippen LogP contribution in [0.2, 0.25) is 5.02 Å². The molecule has 2 aromatic rings. The Hall–Kier alpha value is -2.47. The van der Waals surface area contributed by atoms with E-state index in [4.69, 9.17) is 27.2 Å². The van der Waals surface area contributed by atoms with Crippen molar-refractivity contribution in [3.63, 3.8) is 0 Å². The third-order valence-corrected chi connectivity index (χ3v) is 6.29. The number of aliphatic hydroxyl groups is 1. The van der Waals surface area contributed by atoms with E-state index < -0.39 is 0 Å². The van der Waals surface area contributed by atoms with Gasteiger partial charge in [-0.1, -0.05) is 11.6 Å². The standard InChI is InChI=1S/C22H27ClN4O2/c23-18-12-25-22(26-13-18)27-8-5-15(6-9-27)20-11-17(20)7-10-29-19-3-1-16(2-4-19)21(24)14-28/h1-4,12-15,17,20,28H,5-11,24H2/b21-14-. The van der Waals surface area contributed by atoms with Gasteiger partial charge >= 0.3 is 0 Å². The van der Waals surface area contributed by atoms with Crippen LogP contribution in [0.15, 0.2) is 42.9 Å². The fraction of sp³-hybridized carbons (Fsp3) is 0.455. The molecule has 2 atom stereocenters. The van der Waals surface area contributed by atoms with Crippen LogP contribution < -0.4 is 15.4 Å². The van der Waals surface area contributed by atoms with E-state index in [1.54, 1.807) is 12.4 Å². The van der Waals surface area contributed by atoms with E-state index >= 15 is 0 Å². The predicted octanol–water partition coefficient (Wildman–Crippen LogP) is 4.27. The Kier molecular flexibility index (Phi) is 6.09. The van der Waals surface area contributed by atoms with E-state index in [1.807, 2.05) is 24.3 Å². The number of anilines is 1. The van der Waals surface area contributed by atoms with Gasteiger partial charge in [-0.3, -0.25) is 0 Å². The number of nitrogens with two attached hydrogens (primary N) is 1. The smallest absolute Gasteiger partial charge is 0.225 e. The number of halogens is 1. The second-order valence-corrected chi connectivity index (χ2v) is 8.37. The first kappa shape index (κ1) is 19.8. The number of hydrogen-bond acceptors (Lipinski definition) is 6. The highest BCUT2D eigenvalue weighted by Gasteiger charge is 2.43. The summed E-state index contributed by atoms with van der Waals surface area (Å²) < 4.78 is 5.89. The first-order chi connectivity index (χ1) is 14.1. The molecule has 1 saturated carbocycles. The van der Waals surface area contributed by atoms with Crippen molar-refractivity contribution in [1.29, 1.82) is 0 Å². The Morgan fingerprint density at radius 3 is 2.55 bits per heavy atom. The maximum atomic E-state index is 8.95. The summed E-state index contributed by atoms with van der Waals surface area (Å²) in [6, 6.07) is 7.50. The van der Waals surface area contributed by atoms with Crippen LogP contribution in [0.4, 0.5) is 5.95 Å². The molecule has 7 heteroatoms. The molecule has 1 aliphatic carbocycles. The number of aliphatic hydroxyl groups excluding tert-OH is 1. The third-order valence-electron chi connectivity index (χ3n) is 6.10. The van der Waals surface area contributed by atoms with Crippen LogP contribution in [0.1, 0.15) is 31.2 Å². The lowest BCUT2D eigenvalue weighted by Gasteiger charge is -2.32. The molecule has 1 aromatic heterocycles. The van der Waals surface area contributed by atoms with E-state index in [9.17, 15) is 0 Å². The van der Waals surface area contributed by atoms with Gasteiger partial charge in [-0.15, -0.1) is 0 Å². The minimum Gasteiger partial charge on any atom is -0.513 e. The van der Waals surface area contributed by atoms with Gasteiger partial charge in [-0.25, -0.2) is 9.97 Å². The average molecular weight is 415 g/mol. The minimum absolute atomic E-state index is 0.353. The van der Waals surface area contributed by atoms with E-state index in [-0.39, 0.29) is 0 Å². The molecule has 1 aliphatic heterocycles. The van der Waals surface area contributed by atoms with E-state index in [0.29, 0.717) is 10.7 Å². The normalized spacial score (nSPS) is 22.5. The zero-order valence-electron chi connectivity index (χ0n) is 16.4. The molecule has 1 saturated heterocycles. The third kappa shape index (κ3) is 4.93. The summed E-state index contributed by atoms with van der Waals surface area (Å²) in [5.41, 5.74) is 6.82. The summed E-state index contributed by atoms with van der Waals surface area (Å²) in [6.07, 6.45) is 9.08. The SMILES string of the molecule is N/C(=C\O)c1ccc(OCCC2CC2C2CCN(c3ncc(Cl)cn3)CC2)cc1. The summed E-state index contributed by atoms with van der Waals surface area (Å²) >= 11 is 5.88. The van der Waals surface area contributed by atoms with Crippen molar-refractivity contribution < 1.29 is 9.84 Å². The molecular formula is C22H27ClN4O2. The lowest BCUT2D eigenvalue weighted by molar-refractivity contribution is 0.284. The highest BCUT2D eigenvalue weighted by atomic mass is 35.5. The number of aromatic nitrogens is 2. The number of ether oxygens (including phenoxy) is 1. The van der Waals surface area contributed by atoms with Crippen molar-refractivity contribution in [3.8, 4) is 5.75 Å². The van der Waals surface area contributed by atoms with Crippen molar-refractivity contribution in [2.45, 2.75) is 25.7 Å². The van der Waals surface area contributed by atoms with Gasteiger partial charge in [-0.05, 0) is 67.7 Å². The van der Waals surface area contributed by atoms with Gasteiger partial charge in [0.2, 0.25) is 5.95 Å². The molecule has 154 valence electrons. The van der Waals surface area contributed by atoms with Crippen molar-refractivity contribution in [2.75, 3.05) is 24.6 Å². The van der Waals surface area contributed by atoms with Crippen LogP contribution in [0.5, 0.6) is 5.75 Å². The topological polar surface area (TPSA) is 84.5 Å². The van der Waals surface area contributed by atoms with Crippen molar-refractivity contribution in [1.82, 2.24) is 9.97 Å². The van der Waals surface area contributed by atoms with Crippen molar-refractivity contribution >= 4 is 23.2 Å². The van der Waals surface area contributed by atoms with Gasteiger partial charge in [0.25, 0.3) is 0 Å². The zero-order valence-corrected chi connectivity index (χ0v) is 17.1. The summed E-state index contributed by atoms with van der Waals surface area (Å²) in [5.74, 6) is 4.05. The van der Waals surface area contributed by atoms with E-state index in [0.717, 1.165) is 67.4 Å². The quantitative estimate of drug-likeness (QED) is 0.658. The van der Waals surface area contributed by atoms with Gasteiger partial charge in [0.15, 0.2) is 0 Å². The van der Waals surface area contributed by atoms with Crippen LogP contribution in [0, 0.1) is 17.8 Å². The zero-order chi connectivity index (χ0) is 20.2. The Morgan fingerprint density at radius 1 is 1.21 bits per heavy atom. The van der Waals surface area contributed by atoms with Crippen molar-refractivity contribution in [2.24, 2.45) is 23.5 Å². The van der Waals surface area contributed by atoms with Crippen LogP contribution in [-0.4, -0.2) is 34.8 Å². The molecule has 2 unspecified atom stereocenters. The maximum Gasteiger partial charge on any atom is 0.225 e. The van der Waals surface area contributed by atoms with Crippen LogP contribution >= 0.6 is 11.6 Å². The molecule has 4 rings (SSSR count). The molecule has 29 heavy (non-hydrogen) atoms. The lowest BCUT2D eigenvalue weighted by Crippen LogP contribution is -2.35. The highest BCUT2D eigenvalue weighted by molar-refractivity contribution is 6.30. The second-order valence-electron chi connectivity index (χ2n) is 7.93. The number of nitrogens with zero attached hydrogens (tertiary/aromatic N) is 3. The molecule has 0 spiro atoms. The van der Waals surface area contributed by atoms with E-state index in [2.05, 4.69) is 14.9 Å². The largest absolute Gasteiger partial charge is 0.513 e. The Bertz CT molecular complexity index is 833. The molecule has 3 N–H and O–H groups in total. The van der Waals surface area contributed by atoms with Crippen molar-refractivity contribution in [3.05, 3.63) is 53.5 Å². The fourth-order valence-electron chi connectivity index (χ4n) is 4.32. The number of rotatable bonds is 7. The molecule has 2 fully saturated rings. The summed E-state index contributed by atoms with van der Waals surface area (Å²) in [6.45, 7) is 2.77. The summed E-state index contributed by atoms with van der Waals surface area (Å²) in [4.78, 5) is 10.9. The second kappa shape index (κ2) is 8.91. The molecular weight excluding hydrogens is 388 g/mol. The Balaban J connectivity index is 1.17. The van der Waals surface area contributed by atoms with Gasteiger partial charge in [-0.2, -0.15) is 0 Å². The van der Waals surface area contributed by atoms with Gasteiger partial charge in [0.1, 0.15) is 12.0 Å². The van der Waals surface area contributed by atoms with Gasteiger partial charge in [0.05, 0.1) is 29.7 Å². The Morgan fingerprint density at radius 2 is 1.90 bits per heavy atom. The van der Waals surface area contributed by atoms with Crippen LogP contribution in [-0.2, 0) is 0 Å². The molecule has 2 heterocycles. The Labute approximate surface area is 176 Å². The number of piperidine rings is 1. The minimum atomic E-state index is 0.353.